The van der Waals surface area contributed by atoms with E-state index in [1.807, 2.05) is 6.92 Å². The number of halogens is 1. The number of sulfone groups is 1. The monoisotopic (exact) mass is 303 g/mol. The Kier molecular flexibility index (Phi) is 5.95. The van der Waals surface area contributed by atoms with Crippen LogP contribution >= 0.6 is 0 Å². The van der Waals surface area contributed by atoms with Crippen molar-refractivity contribution in [3.8, 4) is 5.75 Å². The first kappa shape index (κ1) is 16.9. The quantitative estimate of drug-likeness (QED) is 0.840. The van der Waals surface area contributed by atoms with Gasteiger partial charge < -0.3 is 10.1 Å². The molecule has 1 aromatic carbocycles. The molecule has 0 aliphatic carbocycles. The van der Waals surface area contributed by atoms with Crippen molar-refractivity contribution in [2.45, 2.75) is 32.9 Å². The number of benzene rings is 1. The second kappa shape index (κ2) is 7.04. The summed E-state index contributed by atoms with van der Waals surface area (Å²) < 4.78 is 41.7. The van der Waals surface area contributed by atoms with Crippen LogP contribution < -0.4 is 10.1 Å². The second-order valence-corrected chi connectivity index (χ2v) is 7.27. The Morgan fingerprint density at radius 1 is 1.35 bits per heavy atom. The van der Waals surface area contributed by atoms with Crippen molar-refractivity contribution < 1.29 is 17.5 Å². The van der Waals surface area contributed by atoms with Crippen molar-refractivity contribution in [1.29, 1.82) is 0 Å². The van der Waals surface area contributed by atoms with E-state index in [0.717, 1.165) is 0 Å². The minimum atomic E-state index is -3.04. The normalized spacial score (nSPS) is 14.8. The average molecular weight is 303 g/mol. The number of ether oxygens (including phenoxy) is 1. The highest BCUT2D eigenvalue weighted by molar-refractivity contribution is 7.91. The molecule has 0 bridgehead atoms. The first-order valence-corrected chi connectivity index (χ1v) is 8.41. The van der Waals surface area contributed by atoms with Crippen LogP contribution in [0.2, 0.25) is 0 Å². The molecule has 1 aromatic rings. The largest absolute Gasteiger partial charge is 0.496 e. The molecule has 0 spiro atoms. The molecule has 0 fully saturated rings. The van der Waals surface area contributed by atoms with Gasteiger partial charge in [-0.1, -0.05) is 6.92 Å². The van der Waals surface area contributed by atoms with Gasteiger partial charge in [0.1, 0.15) is 11.6 Å². The van der Waals surface area contributed by atoms with Crippen LogP contribution in [0.15, 0.2) is 18.2 Å². The highest BCUT2D eigenvalue weighted by Crippen LogP contribution is 2.26. The van der Waals surface area contributed by atoms with Gasteiger partial charge >= 0.3 is 0 Å². The van der Waals surface area contributed by atoms with Gasteiger partial charge in [-0.05, 0) is 32.0 Å². The van der Waals surface area contributed by atoms with Gasteiger partial charge in [0.25, 0.3) is 0 Å². The number of methoxy groups -OCH3 is 1. The van der Waals surface area contributed by atoms with E-state index in [9.17, 15) is 12.8 Å². The van der Waals surface area contributed by atoms with Crippen molar-refractivity contribution in [2.24, 2.45) is 0 Å². The number of nitrogens with one attached hydrogen (secondary N) is 1. The standard InChI is InChI=1S/C14H22FNO3S/c1-5-20(17,18)9-10(2)16-11(3)13-8-12(15)6-7-14(13)19-4/h6-8,10-11,16H,5,9H2,1-4H3. The van der Waals surface area contributed by atoms with Crippen LogP contribution in [0.25, 0.3) is 0 Å². The maximum Gasteiger partial charge on any atom is 0.151 e. The zero-order chi connectivity index (χ0) is 15.3. The Morgan fingerprint density at radius 2 is 2.00 bits per heavy atom. The summed E-state index contributed by atoms with van der Waals surface area (Å²) in [7, 11) is -1.52. The van der Waals surface area contributed by atoms with Crippen molar-refractivity contribution in [1.82, 2.24) is 5.32 Å². The topological polar surface area (TPSA) is 55.4 Å². The molecule has 2 atom stereocenters. The molecule has 0 saturated heterocycles. The van der Waals surface area contributed by atoms with E-state index in [2.05, 4.69) is 5.32 Å². The van der Waals surface area contributed by atoms with Crippen LogP contribution in [0, 0.1) is 5.82 Å². The third-order valence-electron chi connectivity index (χ3n) is 3.14. The molecule has 0 heterocycles. The molecule has 1 N–H and O–H groups in total. The molecule has 0 aliphatic rings. The molecule has 0 radical (unpaired) electrons. The van der Waals surface area contributed by atoms with Crippen LogP contribution in [0.5, 0.6) is 5.75 Å². The van der Waals surface area contributed by atoms with Crippen LogP contribution in [-0.2, 0) is 9.84 Å². The summed E-state index contributed by atoms with van der Waals surface area (Å²) in [4.78, 5) is 0. The van der Waals surface area contributed by atoms with Gasteiger partial charge in [-0.15, -0.1) is 0 Å². The predicted molar refractivity (Wildman–Crippen MR) is 78.3 cm³/mol. The summed E-state index contributed by atoms with van der Waals surface area (Å²) in [5.41, 5.74) is 0.674. The molecular formula is C14H22FNO3S. The molecule has 4 nitrogen and oxygen atoms in total. The van der Waals surface area contributed by atoms with Gasteiger partial charge in [0, 0.05) is 23.4 Å². The fourth-order valence-corrected chi connectivity index (χ4v) is 3.20. The van der Waals surface area contributed by atoms with Crippen LogP contribution in [0.1, 0.15) is 32.4 Å². The summed E-state index contributed by atoms with van der Waals surface area (Å²) in [6.07, 6.45) is 0. The van der Waals surface area contributed by atoms with E-state index < -0.39 is 9.84 Å². The van der Waals surface area contributed by atoms with E-state index in [1.54, 1.807) is 19.9 Å². The van der Waals surface area contributed by atoms with Crippen LogP contribution in [-0.4, -0.2) is 33.1 Å². The van der Waals surface area contributed by atoms with Gasteiger partial charge in [0.2, 0.25) is 0 Å². The molecule has 6 heteroatoms. The lowest BCUT2D eigenvalue weighted by atomic mass is 10.1. The van der Waals surface area contributed by atoms with E-state index in [4.69, 9.17) is 4.74 Å². The molecule has 20 heavy (non-hydrogen) atoms. The highest BCUT2D eigenvalue weighted by atomic mass is 32.2. The molecule has 0 aliphatic heterocycles. The van der Waals surface area contributed by atoms with Gasteiger partial charge in [-0.2, -0.15) is 0 Å². The van der Waals surface area contributed by atoms with Gasteiger partial charge in [-0.3, -0.25) is 0 Å². The summed E-state index contributed by atoms with van der Waals surface area (Å²) >= 11 is 0. The molecular weight excluding hydrogens is 281 g/mol. The smallest absolute Gasteiger partial charge is 0.151 e. The van der Waals surface area contributed by atoms with E-state index in [-0.39, 0.29) is 29.4 Å². The van der Waals surface area contributed by atoms with Crippen LogP contribution in [0.4, 0.5) is 4.39 Å². The highest BCUT2D eigenvalue weighted by Gasteiger charge is 2.18. The maximum absolute atomic E-state index is 13.3. The molecule has 2 unspecified atom stereocenters. The van der Waals surface area contributed by atoms with E-state index in [1.165, 1.54) is 19.2 Å². The Balaban J connectivity index is 2.81. The molecule has 0 saturated carbocycles. The van der Waals surface area contributed by atoms with Crippen molar-refractivity contribution in [3.63, 3.8) is 0 Å². The Bertz CT molecular complexity index is 545. The Labute approximate surface area is 120 Å². The lowest BCUT2D eigenvalue weighted by Crippen LogP contribution is -2.35. The molecule has 0 aromatic heterocycles. The second-order valence-electron chi connectivity index (χ2n) is 4.87. The lowest BCUT2D eigenvalue weighted by molar-refractivity contribution is 0.396. The van der Waals surface area contributed by atoms with Gasteiger partial charge in [0.15, 0.2) is 9.84 Å². The molecule has 0 amide bonds. The minimum absolute atomic E-state index is 0.0610. The summed E-state index contributed by atoms with van der Waals surface area (Å²) in [6, 6.07) is 3.87. The molecule has 114 valence electrons. The van der Waals surface area contributed by atoms with E-state index >= 15 is 0 Å². The fraction of sp³-hybridized carbons (Fsp3) is 0.571. The fourth-order valence-electron chi connectivity index (χ4n) is 2.11. The number of hydrogen-bond acceptors (Lipinski definition) is 4. The van der Waals surface area contributed by atoms with Crippen molar-refractivity contribution >= 4 is 9.84 Å². The average Bonchev–Trinajstić information content (AvgIpc) is 2.37. The maximum atomic E-state index is 13.3. The summed E-state index contributed by atoms with van der Waals surface area (Å²) in [6.45, 7) is 5.28. The van der Waals surface area contributed by atoms with Crippen molar-refractivity contribution in [2.75, 3.05) is 18.6 Å². The zero-order valence-corrected chi connectivity index (χ0v) is 13.1. The third-order valence-corrected chi connectivity index (χ3v) is 5.02. The molecule has 1 rings (SSSR count). The lowest BCUT2D eigenvalue weighted by Gasteiger charge is -2.22. The predicted octanol–water partition coefficient (Wildman–Crippen LogP) is 2.31. The zero-order valence-electron chi connectivity index (χ0n) is 12.3. The van der Waals surface area contributed by atoms with Gasteiger partial charge in [0.05, 0.1) is 12.9 Å². The number of rotatable bonds is 7. The number of hydrogen-bond donors (Lipinski definition) is 1. The summed E-state index contributed by atoms with van der Waals surface area (Å²) in [5.74, 6) is 0.419. The minimum Gasteiger partial charge on any atom is -0.496 e. The summed E-state index contributed by atoms with van der Waals surface area (Å²) in [5, 5.41) is 3.16. The SMILES string of the molecule is CCS(=O)(=O)CC(C)NC(C)c1cc(F)ccc1OC. The first-order chi connectivity index (χ1) is 9.29. The van der Waals surface area contributed by atoms with Crippen LogP contribution in [0.3, 0.4) is 0 Å². The Morgan fingerprint density at radius 3 is 2.55 bits per heavy atom. The first-order valence-electron chi connectivity index (χ1n) is 6.59. The van der Waals surface area contributed by atoms with E-state index in [0.29, 0.717) is 11.3 Å². The van der Waals surface area contributed by atoms with Crippen molar-refractivity contribution in [3.05, 3.63) is 29.6 Å². The van der Waals surface area contributed by atoms with Gasteiger partial charge in [-0.25, -0.2) is 12.8 Å². The Hall–Kier alpha value is -1.14. The third kappa shape index (κ3) is 4.76.